The third kappa shape index (κ3) is 3.86. The molecule has 1 aromatic carbocycles. The Morgan fingerprint density at radius 1 is 1.20 bits per heavy atom. The molecule has 1 amide bonds. The van der Waals surface area contributed by atoms with E-state index in [4.69, 9.17) is 0 Å². The van der Waals surface area contributed by atoms with Crippen LogP contribution in [-0.4, -0.2) is 15.7 Å². The van der Waals surface area contributed by atoms with Gasteiger partial charge in [0.2, 0.25) is 5.91 Å². The average Bonchev–Trinajstić information content (AvgIpc) is 3.17. The largest absolute Gasteiger partial charge is 0.416 e. The van der Waals surface area contributed by atoms with Crippen LogP contribution in [0.3, 0.4) is 0 Å². The molecule has 0 spiro atoms. The molecule has 134 valence electrons. The third-order valence-corrected chi connectivity index (χ3v) is 4.33. The van der Waals surface area contributed by atoms with Crippen LogP contribution >= 0.6 is 0 Å². The number of halogens is 3. The summed E-state index contributed by atoms with van der Waals surface area (Å²) in [7, 11) is 0. The Bertz CT molecular complexity index is 772. The van der Waals surface area contributed by atoms with E-state index < -0.39 is 11.7 Å². The minimum absolute atomic E-state index is 0.0278. The van der Waals surface area contributed by atoms with Gasteiger partial charge < -0.3 is 5.32 Å². The topological polar surface area (TPSA) is 46.9 Å². The van der Waals surface area contributed by atoms with Crippen LogP contribution in [0.25, 0.3) is 0 Å². The average molecular weight is 351 g/mol. The lowest BCUT2D eigenvalue weighted by Gasteiger charge is -2.18. The highest BCUT2D eigenvalue weighted by molar-refractivity contribution is 5.95. The molecule has 1 aliphatic carbocycles. The molecule has 1 aromatic heterocycles. The number of hydrogen-bond acceptors (Lipinski definition) is 2. The highest BCUT2D eigenvalue weighted by Gasteiger charge is 2.44. The number of carbonyl (C=O) groups is 1. The van der Waals surface area contributed by atoms with E-state index in [1.54, 1.807) is 17.1 Å². The summed E-state index contributed by atoms with van der Waals surface area (Å²) in [6.45, 7) is 6.02. The normalized spacial score (nSPS) is 20.4. The Balaban J connectivity index is 1.61. The van der Waals surface area contributed by atoms with Crippen LogP contribution in [0.15, 0.2) is 36.7 Å². The van der Waals surface area contributed by atoms with Gasteiger partial charge in [0, 0.05) is 12.1 Å². The Kier molecular flexibility index (Phi) is 4.13. The van der Waals surface area contributed by atoms with Gasteiger partial charge in [-0.25, -0.2) is 0 Å². The smallest absolute Gasteiger partial charge is 0.323 e. The molecule has 1 heterocycles. The van der Waals surface area contributed by atoms with E-state index in [1.807, 2.05) is 20.8 Å². The summed E-state index contributed by atoms with van der Waals surface area (Å²) in [4.78, 5) is 12.3. The molecule has 4 nitrogen and oxygen atoms in total. The van der Waals surface area contributed by atoms with Gasteiger partial charge in [0.05, 0.1) is 23.0 Å². The van der Waals surface area contributed by atoms with Crippen molar-refractivity contribution in [1.82, 2.24) is 9.78 Å². The maximum atomic E-state index is 12.6. The standard InChI is InChI=1S/C18H20F3N3O/c1-17(2,3)24-10-13(9-22-24)23-16(25)15-8-14(15)11-4-6-12(7-5-11)18(19,20)21/h4-7,9-10,14-15H,8H2,1-3H3,(H,23,25). The van der Waals surface area contributed by atoms with Crippen LogP contribution in [0.5, 0.6) is 0 Å². The highest BCUT2D eigenvalue weighted by atomic mass is 19.4. The zero-order valence-corrected chi connectivity index (χ0v) is 14.3. The lowest BCUT2D eigenvalue weighted by molar-refractivity contribution is -0.137. The quantitative estimate of drug-likeness (QED) is 0.891. The van der Waals surface area contributed by atoms with E-state index in [0.717, 1.165) is 17.7 Å². The van der Waals surface area contributed by atoms with Gasteiger partial charge in [0.25, 0.3) is 0 Å². The second kappa shape index (κ2) is 5.89. The number of anilines is 1. The summed E-state index contributed by atoms with van der Waals surface area (Å²) >= 11 is 0. The van der Waals surface area contributed by atoms with Gasteiger partial charge in [0.15, 0.2) is 0 Å². The Morgan fingerprint density at radius 3 is 2.36 bits per heavy atom. The zero-order valence-electron chi connectivity index (χ0n) is 14.3. The maximum Gasteiger partial charge on any atom is 0.416 e. The van der Waals surface area contributed by atoms with Crippen LogP contribution in [-0.2, 0) is 16.5 Å². The van der Waals surface area contributed by atoms with Crippen molar-refractivity contribution >= 4 is 11.6 Å². The van der Waals surface area contributed by atoms with E-state index >= 15 is 0 Å². The second-order valence-electron chi connectivity index (χ2n) is 7.40. The monoisotopic (exact) mass is 351 g/mol. The van der Waals surface area contributed by atoms with Crippen molar-refractivity contribution in [3.63, 3.8) is 0 Å². The number of amides is 1. The molecule has 2 unspecified atom stereocenters. The highest BCUT2D eigenvalue weighted by Crippen LogP contribution is 2.48. The number of aromatic nitrogens is 2. The summed E-state index contributed by atoms with van der Waals surface area (Å²) in [5.74, 6) is -0.368. The summed E-state index contributed by atoms with van der Waals surface area (Å²) in [5, 5.41) is 7.06. The number of nitrogens with one attached hydrogen (secondary N) is 1. The SMILES string of the molecule is CC(C)(C)n1cc(NC(=O)C2CC2c2ccc(C(F)(F)F)cc2)cn1. The third-order valence-electron chi connectivity index (χ3n) is 4.33. The van der Waals surface area contributed by atoms with Crippen molar-refractivity contribution in [3.8, 4) is 0 Å². The molecule has 1 fully saturated rings. The number of alkyl halides is 3. The summed E-state index contributed by atoms with van der Waals surface area (Å²) in [6.07, 6.45) is -0.331. The van der Waals surface area contributed by atoms with Gasteiger partial charge in [0.1, 0.15) is 0 Å². The molecule has 0 saturated heterocycles. The first kappa shape index (κ1) is 17.5. The number of nitrogens with zero attached hydrogens (tertiary/aromatic N) is 2. The Labute approximate surface area is 144 Å². The molecule has 3 rings (SSSR count). The van der Waals surface area contributed by atoms with Gasteiger partial charge in [-0.15, -0.1) is 0 Å². The van der Waals surface area contributed by atoms with Gasteiger partial charge in [-0.05, 0) is 50.8 Å². The molecule has 7 heteroatoms. The van der Waals surface area contributed by atoms with E-state index in [0.29, 0.717) is 12.1 Å². The first-order chi connectivity index (χ1) is 11.6. The van der Waals surface area contributed by atoms with Crippen molar-refractivity contribution in [3.05, 3.63) is 47.8 Å². The Hall–Kier alpha value is -2.31. The molecule has 0 aliphatic heterocycles. The van der Waals surface area contributed by atoms with Crippen molar-refractivity contribution in [2.24, 2.45) is 5.92 Å². The van der Waals surface area contributed by atoms with Crippen molar-refractivity contribution < 1.29 is 18.0 Å². The molecule has 1 saturated carbocycles. The number of benzene rings is 1. The predicted octanol–water partition coefficient (Wildman–Crippen LogP) is 4.40. The first-order valence-electron chi connectivity index (χ1n) is 8.09. The zero-order chi connectivity index (χ0) is 18.4. The van der Waals surface area contributed by atoms with Crippen LogP contribution in [0.1, 0.15) is 44.2 Å². The van der Waals surface area contributed by atoms with Gasteiger partial charge in [-0.1, -0.05) is 12.1 Å². The molecular formula is C18H20F3N3O. The van der Waals surface area contributed by atoms with E-state index in [-0.39, 0.29) is 23.3 Å². The number of hydrogen-bond donors (Lipinski definition) is 1. The first-order valence-corrected chi connectivity index (χ1v) is 8.09. The van der Waals surface area contributed by atoms with Crippen molar-refractivity contribution in [2.45, 2.75) is 44.8 Å². The lowest BCUT2D eigenvalue weighted by Crippen LogP contribution is -2.22. The van der Waals surface area contributed by atoms with Crippen LogP contribution in [0, 0.1) is 5.92 Å². The summed E-state index contributed by atoms with van der Waals surface area (Å²) < 4.78 is 39.6. The van der Waals surface area contributed by atoms with Crippen LogP contribution in [0.4, 0.5) is 18.9 Å². The Morgan fingerprint density at radius 2 is 1.84 bits per heavy atom. The predicted molar refractivity (Wildman–Crippen MR) is 88.1 cm³/mol. The minimum Gasteiger partial charge on any atom is -0.323 e. The van der Waals surface area contributed by atoms with Gasteiger partial charge >= 0.3 is 6.18 Å². The maximum absolute atomic E-state index is 12.6. The molecule has 0 bridgehead atoms. The van der Waals surface area contributed by atoms with E-state index in [9.17, 15) is 18.0 Å². The summed E-state index contributed by atoms with van der Waals surface area (Å²) in [6, 6.07) is 5.04. The molecule has 2 atom stereocenters. The van der Waals surface area contributed by atoms with Gasteiger partial charge in [-0.2, -0.15) is 18.3 Å². The fourth-order valence-corrected chi connectivity index (χ4v) is 2.76. The molecule has 0 radical (unpaired) electrons. The molecule has 1 N–H and O–H groups in total. The van der Waals surface area contributed by atoms with Crippen LogP contribution in [0.2, 0.25) is 0 Å². The fraction of sp³-hybridized carbons (Fsp3) is 0.444. The van der Waals surface area contributed by atoms with Gasteiger partial charge in [-0.3, -0.25) is 9.48 Å². The minimum atomic E-state index is -4.34. The molecule has 2 aromatic rings. The van der Waals surface area contributed by atoms with Crippen molar-refractivity contribution in [1.29, 1.82) is 0 Å². The fourth-order valence-electron chi connectivity index (χ4n) is 2.76. The van der Waals surface area contributed by atoms with E-state index in [1.165, 1.54) is 12.1 Å². The molecular weight excluding hydrogens is 331 g/mol. The van der Waals surface area contributed by atoms with Crippen LogP contribution < -0.4 is 5.32 Å². The second-order valence-corrected chi connectivity index (χ2v) is 7.40. The number of carbonyl (C=O) groups excluding carboxylic acids is 1. The lowest BCUT2D eigenvalue weighted by atomic mass is 10.1. The number of rotatable bonds is 3. The summed E-state index contributed by atoms with van der Waals surface area (Å²) in [5.41, 5.74) is 0.537. The molecule has 25 heavy (non-hydrogen) atoms. The van der Waals surface area contributed by atoms with Crippen molar-refractivity contribution in [2.75, 3.05) is 5.32 Å². The van der Waals surface area contributed by atoms with E-state index in [2.05, 4.69) is 10.4 Å². The molecule has 1 aliphatic rings.